The maximum absolute atomic E-state index is 16.8. The predicted octanol–water partition coefficient (Wildman–Crippen LogP) is 18.9. The first-order chi connectivity index (χ1) is 31.4. The van der Waals surface area contributed by atoms with Crippen LogP contribution in [0.15, 0.2) is 110 Å². The molecular formula is C51H44F6N2S6. The Bertz CT molecular complexity index is 2720. The molecule has 8 aromatic heterocycles. The molecule has 0 spiro atoms. The second-order valence-corrected chi connectivity index (χ2v) is 22.7. The van der Waals surface area contributed by atoms with Crippen molar-refractivity contribution in [3.05, 3.63) is 131 Å². The molecule has 0 atom stereocenters. The Hall–Kier alpha value is -4.18. The summed E-state index contributed by atoms with van der Waals surface area (Å²) in [7, 11) is 0. The zero-order valence-corrected chi connectivity index (χ0v) is 40.5. The topological polar surface area (TPSA) is 25.8 Å². The summed E-state index contributed by atoms with van der Waals surface area (Å²) in [6.07, 6.45) is 14.1. The SMILES string of the molecule is CCCCCCc1sc(-c2ccc(-c3ccc(-c4ccncc4)s3)s2)cc1C1=C(c2cc(-c3ccc(-c4ccc(-c5ccncc5)s4)s3)sc2CCCCCC)C(F)(F)C(F)(F)C1(F)F. The lowest BCUT2D eigenvalue weighted by Crippen LogP contribution is -2.49. The standard InChI is InChI=1S/C51H44F6N2S6/c1-3-5-7-9-11-37-33(29-45(62-37)43-19-17-41(64-43)39-15-13-35(60-39)31-21-25-58-26-22-31)47-48(50(54,55)51(56,57)49(47,52)53)34-30-46(63-38(34)12-10-8-6-4-2)44-20-18-42(65-44)40-16-14-36(61-40)32-23-27-59-28-24-32/h13-30H,3-12H2,1-2H3. The van der Waals surface area contributed by atoms with Crippen LogP contribution in [0.5, 0.6) is 0 Å². The first-order valence-corrected chi connectivity index (χ1v) is 26.7. The fourth-order valence-corrected chi connectivity index (χ4v) is 15.0. The van der Waals surface area contributed by atoms with Gasteiger partial charge in [-0.3, -0.25) is 9.97 Å². The third kappa shape index (κ3) is 8.91. The van der Waals surface area contributed by atoms with Crippen molar-refractivity contribution >= 4 is 79.2 Å². The highest BCUT2D eigenvalue weighted by Gasteiger charge is 2.80. The lowest BCUT2D eigenvalue weighted by Gasteiger charge is -2.26. The number of aromatic nitrogens is 2. The molecule has 8 heterocycles. The minimum Gasteiger partial charge on any atom is -0.265 e. The van der Waals surface area contributed by atoms with Crippen LogP contribution in [0, 0.1) is 0 Å². The normalized spacial score (nSPS) is 15.4. The maximum Gasteiger partial charge on any atom is 0.380 e. The fourth-order valence-electron chi connectivity index (χ4n) is 8.24. The summed E-state index contributed by atoms with van der Waals surface area (Å²) in [6.45, 7) is 4.12. The summed E-state index contributed by atoms with van der Waals surface area (Å²) >= 11 is 8.65. The number of halogens is 6. The molecule has 0 fully saturated rings. The summed E-state index contributed by atoms with van der Waals surface area (Å²) < 4.78 is 99.2. The maximum atomic E-state index is 16.8. The number of rotatable bonds is 18. The summed E-state index contributed by atoms with van der Waals surface area (Å²) in [6, 6.07) is 26.6. The molecule has 0 saturated carbocycles. The van der Waals surface area contributed by atoms with E-state index in [1.165, 1.54) is 57.5 Å². The van der Waals surface area contributed by atoms with Crippen molar-refractivity contribution in [3.8, 4) is 59.9 Å². The Morgan fingerprint density at radius 3 is 1.06 bits per heavy atom. The van der Waals surface area contributed by atoms with Crippen LogP contribution in [0.4, 0.5) is 26.3 Å². The predicted molar refractivity (Wildman–Crippen MR) is 266 cm³/mol. The van der Waals surface area contributed by atoms with Gasteiger partial charge in [0.15, 0.2) is 0 Å². The van der Waals surface area contributed by atoms with Crippen LogP contribution in [-0.2, 0) is 12.8 Å². The van der Waals surface area contributed by atoms with E-state index in [1.807, 2.05) is 72.8 Å². The van der Waals surface area contributed by atoms with Gasteiger partial charge in [-0.1, -0.05) is 52.4 Å². The van der Waals surface area contributed by atoms with E-state index in [2.05, 4.69) is 23.8 Å². The second-order valence-electron chi connectivity index (χ2n) is 16.1. The molecule has 0 aromatic carbocycles. The smallest absolute Gasteiger partial charge is 0.265 e. The van der Waals surface area contributed by atoms with E-state index >= 15 is 26.3 Å². The van der Waals surface area contributed by atoms with Crippen molar-refractivity contribution < 1.29 is 26.3 Å². The number of unbranched alkanes of at least 4 members (excludes halogenated alkanes) is 6. The van der Waals surface area contributed by atoms with Crippen LogP contribution < -0.4 is 0 Å². The Balaban J connectivity index is 1.15. The second kappa shape index (κ2) is 19.2. The Morgan fingerprint density at radius 1 is 0.385 bits per heavy atom. The number of pyridine rings is 2. The van der Waals surface area contributed by atoms with Crippen LogP contribution in [0.25, 0.3) is 71.0 Å². The van der Waals surface area contributed by atoms with Crippen molar-refractivity contribution in [2.45, 2.75) is 95.8 Å². The number of allylic oxidation sites excluding steroid dienone is 2. The van der Waals surface area contributed by atoms with E-state index in [0.29, 0.717) is 45.2 Å². The van der Waals surface area contributed by atoms with Gasteiger partial charge < -0.3 is 0 Å². The number of hydrogen-bond acceptors (Lipinski definition) is 8. The van der Waals surface area contributed by atoms with Crippen LogP contribution in [-0.4, -0.2) is 27.7 Å². The fraction of sp³-hybridized carbons (Fsp3) is 0.294. The number of alkyl halides is 6. The summed E-state index contributed by atoms with van der Waals surface area (Å²) in [5.74, 6) is -15.9. The molecule has 2 nitrogen and oxygen atoms in total. The van der Waals surface area contributed by atoms with E-state index in [1.54, 1.807) is 47.5 Å². The van der Waals surface area contributed by atoms with Crippen molar-refractivity contribution in [1.29, 1.82) is 0 Å². The Labute approximate surface area is 399 Å². The van der Waals surface area contributed by atoms with Gasteiger partial charge >= 0.3 is 17.8 Å². The average molecular weight is 991 g/mol. The van der Waals surface area contributed by atoms with Crippen molar-refractivity contribution in [1.82, 2.24) is 9.97 Å². The van der Waals surface area contributed by atoms with E-state index in [0.717, 1.165) is 88.7 Å². The van der Waals surface area contributed by atoms with Gasteiger partial charge in [-0.15, -0.1) is 68.0 Å². The molecule has 1 aliphatic carbocycles. The minimum atomic E-state index is -5.66. The van der Waals surface area contributed by atoms with E-state index in [9.17, 15) is 0 Å². The Kier molecular flexibility index (Phi) is 13.6. The zero-order valence-electron chi connectivity index (χ0n) is 35.6. The molecule has 8 aromatic rings. The largest absolute Gasteiger partial charge is 0.380 e. The molecule has 0 unspecified atom stereocenters. The number of hydrogen-bond donors (Lipinski definition) is 0. The summed E-state index contributed by atoms with van der Waals surface area (Å²) in [5.41, 5.74) is -0.813. The minimum absolute atomic E-state index is 0.199. The molecular weight excluding hydrogens is 947 g/mol. The molecule has 1 aliphatic rings. The van der Waals surface area contributed by atoms with Gasteiger partial charge in [0.05, 0.1) is 0 Å². The first kappa shape index (κ1) is 46.0. The van der Waals surface area contributed by atoms with Crippen LogP contribution in [0.2, 0.25) is 0 Å². The molecule has 0 amide bonds. The highest BCUT2D eigenvalue weighted by molar-refractivity contribution is 7.28. The molecule has 0 saturated heterocycles. The number of thiophene rings is 6. The molecule has 0 bridgehead atoms. The molecule has 0 aliphatic heterocycles. The van der Waals surface area contributed by atoms with Gasteiger partial charge in [-0.2, -0.15) is 26.3 Å². The number of nitrogens with zero attached hydrogens (tertiary/aromatic N) is 2. The van der Waals surface area contributed by atoms with Crippen molar-refractivity contribution in [2.24, 2.45) is 0 Å². The van der Waals surface area contributed by atoms with Gasteiger partial charge in [0.2, 0.25) is 0 Å². The van der Waals surface area contributed by atoms with E-state index < -0.39 is 28.9 Å². The molecule has 336 valence electrons. The third-order valence-corrected chi connectivity index (χ3v) is 19.3. The Morgan fingerprint density at radius 2 is 0.708 bits per heavy atom. The van der Waals surface area contributed by atoms with E-state index in [4.69, 9.17) is 0 Å². The van der Waals surface area contributed by atoms with Crippen LogP contribution in [0.1, 0.15) is 86.1 Å². The number of aryl methyl sites for hydroxylation is 2. The molecule has 9 rings (SSSR count). The van der Waals surface area contributed by atoms with Crippen molar-refractivity contribution in [3.63, 3.8) is 0 Å². The van der Waals surface area contributed by atoms with Gasteiger partial charge in [0, 0.05) is 94.5 Å². The third-order valence-electron chi connectivity index (χ3n) is 11.7. The van der Waals surface area contributed by atoms with Crippen molar-refractivity contribution in [2.75, 3.05) is 0 Å². The molecule has 0 radical (unpaired) electrons. The summed E-state index contributed by atoms with van der Waals surface area (Å²) in [5, 5.41) is 0. The van der Waals surface area contributed by atoms with Gasteiger partial charge in [-0.05, 0) is 133 Å². The van der Waals surface area contributed by atoms with Gasteiger partial charge in [-0.25, -0.2) is 0 Å². The van der Waals surface area contributed by atoms with Crippen LogP contribution >= 0.6 is 68.0 Å². The monoisotopic (exact) mass is 990 g/mol. The zero-order chi connectivity index (χ0) is 45.3. The average Bonchev–Trinajstić information content (AvgIpc) is 4.17. The quantitative estimate of drug-likeness (QED) is 0.0632. The molecule has 65 heavy (non-hydrogen) atoms. The highest BCUT2D eigenvalue weighted by atomic mass is 32.1. The lowest BCUT2D eigenvalue weighted by molar-refractivity contribution is -0.254. The highest BCUT2D eigenvalue weighted by Crippen LogP contribution is 2.66. The molecule has 0 N–H and O–H groups in total. The van der Waals surface area contributed by atoms with Gasteiger partial charge in [0.1, 0.15) is 0 Å². The summed E-state index contributed by atoms with van der Waals surface area (Å²) in [4.78, 5) is 17.8. The van der Waals surface area contributed by atoms with Crippen LogP contribution in [0.3, 0.4) is 0 Å². The lowest BCUT2D eigenvalue weighted by atomic mass is 9.93. The van der Waals surface area contributed by atoms with E-state index in [-0.39, 0.29) is 11.1 Å². The van der Waals surface area contributed by atoms with Gasteiger partial charge in [0.25, 0.3) is 0 Å². The first-order valence-electron chi connectivity index (χ1n) is 21.8. The molecule has 14 heteroatoms.